The Hall–Kier alpha value is -0.770. The number of nitrogen functional groups attached to an aromatic ring is 1. The second-order valence-corrected chi connectivity index (χ2v) is 4.68. The minimum Gasteiger partial charge on any atom is -0.487 e. The van der Waals surface area contributed by atoms with E-state index in [0.717, 1.165) is 12.8 Å². The first-order valence-electron chi connectivity index (χ1n) is 5.08. The summed E-state index contributed by atoms with van der Waals surface area (Å²) in [5, 5.41) is 0. The van der Waals surface area contributed by atoms with E-state index in [2.05, 4.69) is 15.9 Å². The van der Waals surface area contributed by atoms with Crippen molar-refractivity contribution in [2.75, 3.05) is 5.73 Å². The summed E-state index contributed by atoms with van der Waals surface area (Å²) in [6.07, 6.45) is 4.74. The van der Waals surface area contributed by atoms with Crippen LogP contribution in [0.2, 0.25) is 0 Å². The largest absolute Gasteiger partial charge is 0.487 e. The summed E-state index contributed by atoms with van der Waals surface area (Å²) in [5.74, 6) is 0.224. The molecule has 0 heterocycles. The predicted octanol–water partition coefficient (Wildman–Crippen LogP) is 3.49. The summed E-state index contributed by atoms with van der Waals surface area (Å²) in [4.78, 5) is 0. The van der Waals surface area contributed by atoms with E-state index in [-0.39, 0.29) is 11.9 Å². The lowest BCUT2D eigenvalue weighted by Gasteiger charge is -2.16. The first-order valence-corrected chi connectivity index (χ1v) is 5.87. The number of rotatable bonds is 2. The summed E-state index contributed by atoms with van der Waals surface area (Å²) < 4.78 is 19.3. The van der Waals surface area contributed by atoms with Crippen LogP contribution in [0.5, 0.6) is 5.75 Å². The molecular weight excluding hydrogens is 261 g/mol. The van der Waals surface area contributed by atoms with E-state index < -0.39 is 0 Å². The van der Waals surface area contributed by atoms with Gasteiger partial charge in [0.15, 0.2) is 5.75 Å². The highest BCUT2D eigenvalue weighted by Crippen LogP contribution is 2.35. The van der Waals surface area contributed by atoms with Crippen LogP contribution in [-0.2, 0) is 0 Å². The van der Waals surface area contributed by atoms with Crippen molar-refractivity contribution in [2.45, 2.75) is 31.8 Å². The molecule has 1 aromatic rings. The van der Waals surface area contributed by atoms with E-state index in [0.29, 0.717) is 15.9 Å². The number of hydrogen-bond donors (Lipinski definition) is 1. The molecule has 82 valence electrons. The van der Waals surface area contributed by atoms with E-state index in [1.807, 2.05) is 0 Å². The van der Waals surface area contributed by atoms with Crippen LogP contribution in [-0.4, -0.2) is 6.10 Å². The zero-order valence-electron chi connectivity index (χ0n) is 8.30. The molecule has 1 fully saturated rings. The van der Waals surface area contributed by atoms with Gasteiger partial charge in [-0.15, -0.1) is 0 Å². The Bertz CT molecular complexity index is 341. The highest BCUT2D eigenvalue weighted by atomic mass is 79.9. The van der Waals surface area contributed by atoms with Gasteiger partial charge in [0.2, 0.25) is 0 Å². The molecule has 0 atom stereocenters. The van der Waals surface area contributed by atoms with Crippen molar-refractivity contribution in [1.82, 2.24) is 0 Å². The second-order valence-electron chi connectivity index (χ2n) is 3.83. The third-order valence-corrected chi connectivity index (χ3v) is 3.21. The zero-order chi connectivity index (χ0) is 10.8. The molecule has 0 spiro atoms. The van der Waals surface area contributed by atoms with Gasteiger partial charge in [-0.2, -0.15) is 0 Å². The smallest absolute Gasteiger partial charge is 0.156 e. The van der Waals surface area contributed by atoms with Gasteiger partial charge in [-0.05, 0) is 47.7 Å². The normalized spacial score (nSPS) is 16.9. The first kappa shape index (κ1) is 10.7. The van der Waals surface area contributed by atoms with Gasteiger partial charge < -0.3 is 10.5 Å². The topological polar surface area (TPSA) is 35.2 Å². The minimum absolute atomic E-state index is 0.231. The number of benzene rings is 1. The van der Waals surface area contributed by atoms with Crippen LogP contribution in [0.1, 0.15) is 25.7 Å². The van der Waals surface area contributed by atoms with Crippen LogP contribution >= 0.6 is 15.9 Å². The van der Waals surface area contributed by atoms with Crippen LogP contribution in [0, 0.1) is 5.82 Å². The maximum Gasteiger partial charge on any atom is 0.156 e. The van der Waals surface area contributed by atoms with Gasteiger partial charge in [0.1, 0.15) is 5.82 Å². The number of anilines is 1. The maximum absolute atomic E-state index is 13.0. The fourth-order valence-corrected chi connectivity index (χ4v) is 2.42. The number of ether oxygens (including phenoxy) is 1. The highest BCUT2D eigenvalue weighted by Gasteiger charge is 2.19. The van der Waals surface area contributed by atoms with Crippen molar-refractivity contribution in [1.29, 1.82) is 0 Å². The monoisotopic (exact) mass is 273 g/mol. The van der Waals surface area contributed by atoms with Gasteiger partial charge in [-0.3, -0.25) is 0 Å². The Labute approximate surface area is 96.7 Å². The van der Waals surface area contributed by atoms with Crippen LogP contribution in [0.4, 0.5) is 10.1 Å². The molecule has 2 N–H and O–H groups in total. The van der Waals surface area contributed by atoms with E-state index in [4.69, 9.17) is 10.5 Å². The molecule has 15 heavy (non-hydrogen) atoms. The Morgan fingerprint density at radius 2 is 2.00 bits per heavy atom. The van der Waals surface area contributed by atoms with Crippen LogP contribution in [0.25, 0.3) is 0 Å². The van der Waals surface area contributed by atoms with Crippen LogP contribution < -0.4 is 10.5 Å². The molecule has 1 saturated carbocycles. The van der Waals surface area contributed by atoms with Crippen molar-refractivity contribution in [2.24, 2.45) is 0 Å². The van der Waals surface area contributed by atoms with E-state index in [1.165, 1.54) is 25.0 Å². The van der Waals surface area contributed by atoms with E-state index >= 15 is 0 Å². The first-order chi connectivity index (χ1) is 7.16. The molecule has 2 nitrogen and oxygen atoms in total. The van der Waals surface area contributed by atoms with Crippen molar-refractivity contribution in [3.8, 4) is 5.75 Å². The second kappa shape index (κ2) is 4.39. The summed E-state index contributed by atoms with van der Waals surface area (Å²) in [5.41, 5.74) is 6.06. The molecule has 1 aromatic carbocycles. The van der Waals surface area contributed by atoms with Crippen molar-refractivity contribution >= 4 is 21.6 Å². The SMILES string of the molecule is Nc1cc(F)cc(Br)c1OC1CCCC1. The average Bonchev–Trinajstić information content (AvgIpc) is 2.63. The van der Waals surface area contributed by atoms with Crippen LogP contribution in [0.15, 0.2) is 16.6 Å². The Balaban J connectivity index is 2.19. The van der Waals surface area contributed by atoms with Gasteiger partial charge in [0.25, 0.3) is 0 Å². The third kappa shape index (κ3) is 2.43. The molecule has 0 aliphatic heterocycles. The Morgan fingerprint density at radius 3 is 2.60 bits per heavy atom. The number of nitrogens with two attached hydrogens (primary N) is 1. The number of hydrogen-bond acceptors (Lipinski definition) is 2. The van der Waals surface area contributed by atoms with Crippen molar-refractivity contribution in [3.63, 3.8) is 0 Å². The van der Waals surface area contributed by atoms with Crippen molar-refractivity contribution < 1.29 is 9.13 Å². The molecule has 0 radical (unpaired) electrons. The predicted molar refractivity (Wildman–Crippen MR) is 61.4 cm³/mol. The molecule has 1 aliphatic carbocycles. The zero-order valence-corrected chi connectivity index (χ0v) is 9.89. The molecule has 2 rings (SSSR count). The fourth-order valence-electron chi connectivity index (χ4n) is 1.88. The summed E-state index contributed by atoms with van der Waals surface area (Å²) >= 11 is 3.26. The standard InChI is InChI=1S/C11H13BrFNO/c12-9-5-7(13)6-10(14)11(9)15-8-3-1-2-4-8/h5-6,8H,1-4,14H2. The average molecular weight is 274 g/mol. The lowest BCUT2D eigenvalue weighted by molar-refractivity contribution is 0.209. The Morgan fingerprint density at radius 1 is 1.33 bits per heavy atom. The Kier molecular flexibility index (Phi) is 3.14. The number of halogens is 2. The molecule has 0 amide bonds. The maximum atomic E-state index is 13.0. The minimum atomic E-state index is -0.349. The van der Waals surface area contributed by atoms with E-state index in [1.54, 1.807) is 0 Å². The van der Waals surface area contributed by atoms with Crippen LogP contribution in [0.3, 0.4) is 0 Å². The summed E-state index contributed by atoms with van der Waals surface area (Å²) in [7, 11) is 0. The molecule has 0 unspecified atom stereocenters. The third-order valence-electron chi connectivity index (χ3n) is 2.62. The quantitative estimate of drug-likeness (QED) is 0.838. The fraction of sp³-hybridized carbons (Fsp3) is 0.455. The van der Waals surface area contributed by atoms with E-state index in [9.17, 15) is 4.39 Å². The molecule has 0 saturated heterocycles. The van der Waals surface area contributed by atoms with Gasteiger partial charge in [0, 0.05) is 6.07 Å². The summed E-state index contributed by atoms with van der Waals surface area (Å²) in [6.45, 7) is 0. The molecule has 4 heteroatoms. The van der Waals surface area contributed by atoms with Gasteiger partial charge in [-0.1, -0.05) is 0 Å². The van der Waals surface area contributed by atoms with Gasteiger partial charge >= 0.3 is 0 Å². The molecular formula is C11H13BrFNO. The molecule has 0 aromatic heterocycles. The highest BCUT2D eigenvalue weighted by molar-refractivity contribution is 9.10. The lowest BCUT2D eigenvalue weighted by atomic mass is 10.2. The lowest BCUT2D eigenvalue weighted by Crippen LogP contribution is -2.12. The molecule has 0 bridgehead atoms. The van der Waals surface area contributed by atoms with Gasteiger partial charge in [-0.25, -0.2) is 4.39 Å². The summed E-state index contributed by atoms with van der Waals surface area (Å²) in [6, 6.07) is 2.66. The van der Waals surface area contributed by atoms with Crippen molar-refractivity contribution in [3.05, 3.63) is 22.4 Å². The van der Waals surface area contributed by atoms with Gasteiger partial charge in [0.05, 0.1) is 16.3 Å². The molecule has 1 aliphatic rings.